The Balaban J connectivity index is 3.11. The summed E-state index contributed by atoms with van der Waals surface area (Å²) < 4.78 is 21.6. The highest BCUT2D eigenvalue weighted by atomic mass is 16.6. The second-order valence-corrected chi connectivity index (χ2v) is 11.2. The number of hydrogen-bond donors (Lipinski definition) is 1. The highest BCUT2D eigenvalue weighted by Crippen LogP contribution is 2.34. The molecule has 1 aromatic carbocycles. The number of hydrogen-bond acceptors (Lipinski definition) is 9. The molecule has 0 saturated heterocycles. The molecular weight excluding hydrogens is 502 g/mol. The zero-order valence-electron chi connectivity index (χ0n) is 25.1. The van der Waals surface area contributed by atoms with Crippen LogP contribution >= 0.6 is 0 Å². The fraction of sp³-hybridized carbons (Fsp3) is 0.667. The number of carbonyl (C=O) groups excluding carboxylic acids is 4. The third-order valence-corrected chi connectivity index (χ3v) is 7.18. The minimum absolute atomic E-state index is 0.0990. The van der Waals surface area contributed by atoms with E-state index < -0.39 is 34.8 Å². The van der Waals surface area contributed by atoms with E-state index in [4.69, 9.17) is 18.9 Å². The molecule has 220 valence electrons. The summed E-state index contributed by atoms with van der Waals surface area (Å²) in [5.41, 5.74) is -0.818. The molecule has 0 fully saturated rings. The summed E-state index contributed by atoms with van der Waals surface area (Å²) in [6.45, 7) is 15.3. The minimum atomic E-state index is -0.748. The van der Waals surface area contributed by atoms with Gasteiger partial charge in [-0.25, -0.2) is 0 Å². The van der Waals surface area contributed by atoms with Crippen molar-refractivity contribution in [1.82, 2.24) is 5.32 Å². The summed E-state index contributed by atoms with van der Waals surface area (Å²) in [6.07, 6.45) is 2.56. The highest BCUT2D eigenvalue weighted by molar-refractivity contribution is 5.81. The van der Waals surface area contributed by atoms with Crippen LogP contribution in [0.3, 0.4) is 0 Å². The Kier molecular flexibility index (Phi) is 13.6. The lowest BCUT2D eigenvalue weighted by atomic mass is 9.90. The molecule has 0 radical (unpaired) electrons. The molecule has 2 atom stereocenters. The second kappa shape index (κ2) is 15.6. The van der Waals surface area contributed by atoms with Crippen LogP contribution < -0.4 is 14.8 Å². The summed E-state index contributed by atoms with van der Waals surface area (Å²) in [7, 11) is 1.29. The monoisotopic (exact) mass is 549 g/mol. The average molecular weight is 550 g/mol. The average Bonchev–Trinajstić information content (AvgIpc) is 2.90. The quantitative estimate of drug-likeness (QED) is 0.172. The molecule has 1 aromatic rings. The molecule has 0 saturated carbocycles. The van der Waals surface area contributed by atoms with E-state index in [-0.39, 0.29) is 43.0 Å². The first-order valence-corrected chi connectivity index (χ1v) is 13.7. The van der Waals surface area contributed by atoms with Crippen molar-refractivity contribution in [2.45, 2.75) is 93.5 Å². The van der Waals surface area contributed by atoms with Gasteiger partial charge in [-0.15, -0.1) is 0 Å². The smallest absolute Gasteiger partial charge is 0.323 e. The van der Waals surface area contributed by atoms with Gasteiger partial charge in [-0.2, -0.15) is 0 Å². The van der Waals surface area contributed by atoms with Crippen molar-refractivity contribution in [3.63, 3.8) is 0 Å². The fourth-order valence-corrected chi connectivity index (χ4v) is 3.11. The summed E-state index contributed by atoms with van der Waals surface area (Å²) in [6, 6.07) is 4.11. The van der Waals surface area contributed by atoms with E-state index in [1.54, 1.807) is 45.9 Å². The van der Waals surface area contributed by atoms with E-state index in [9.17, 15) is 19.2 Å². The first-order chi connectivity index (χ1) is 18.2. The zero-order valence-corrected chi connectivity index (χ0v) is 25.1. The van der Waals surface area contributed by atoms with E-state index in [1.165, 1.54) is 7.11 Å². The number of ether oxygens (including phenoxy) is 4. The van der Waals surface area contributed by atoms with Crippen LogP contribution in [0.4, 0.5) is 0 Å². The molecule has 1 N–H and O–H groups in total. The topological polar surface area (TPSA) is 117 Å². The highest BCUT2D eigenvalue weighted by Gasteiger charge is 2.32. The normalized spacial score (nSPS) is 13.3. The first-order valence-electron chi connectivity index (χ1n) is 13.7. The Hall–Kier alpha value is -2.94. The van der Waals surface area contributed by atoms with Crippen molar-refractivity contribution in [3.05, 3.63) is 23.8 Å². The summed E-state index contributed by atoms with van der Waals surface area (Å²) in [4.78, 5) is 50.0. The van der Waals surface area contributed by atoms with Gasteiger partial charge in [0, 0.05) is 13.0 Å². The lowest BCUT2D eigenvalue weighted by Crippen LogP contribution is -2.41. The van der Waals surface area contributed by atoms with Crippen molar-refractivity contribution >= 4 is 23.9 Å². The van der Waals surface area contributed by atoms with Crippen LogP contribution in [0, 0.1) is 16.7 Å². The molecule has 0 aliphatic heterocycles. The van der Waals surface area contributed by atoms with Gasteiger partial charge in [0.25, 0.3) is 0 Å². The number of carbonyl (C=O) groups is 4. The van der Waals surface area contributed by atoms with Gasteiger partial charge >= 0.3 is 23.9 Å². The Morgan fingerprint density at radius 2 is 1.46 bits per heavy atom. The molecule has 1 rings (SSSR count). The van der Waals surface area contributed by atoms with Gasteiger partial charge in [0.05, 0.1) is 17.9 Å². The predicted molar refractivity (Wildman–Crippen MR) is 148 cm³/mol. The fourth-order valence-electron chi connectivity index (χ4n) is 3.11. The maximum atomic E-state index is 12.9. The lowest BCUT2D eigenvalue weighted by molar-refractivity contribution is -0.147. The van der Waals surface area contributed by atoms with Crippen LogP contribution in [0.15, 0.2) is 18.2 Å². The van der Waals surface area contributed by atoms with E-state index in [1.807, 2.05) is 27.7 Å². The number of nitrogens with one attached hydrogen (secondary N) is 1. The van der Waals surface area contributed by atoms with Crippen LogP contribution in [0.25, 0.3) is 0 Å². The Bertz CT molecular complexity index is 985. The van der Waals surface area contributed by atoms with Crippen LogP contribution in [-0.2, 0) is 35.1 Å². The molecule has 0 amide bonds. The van der Waals surface area contributed by atoms with Crippen LogP contribution in [-0.4, -0.2) is 50.2 Å². The van der Waals surface area contributed by atoms with Crippen molar-refractivity contribution < 1.29 is 38.1 Å². The number of methoxy groups -OCH3 is 1. The van der Waals surface area contributed by atoms with Crippen molar-refractivity contribution in [2.24, 2.45) is 16.7 Å². The largest absolute Gasteiger partial charge is 0.468 e. The van der Waals surface area contributed by atoms with Gasteiger partial charge in [0.2, 0.25) is 0 Å². The Morgan fingerprint density at radius 1 is 0.897 bits per heavy atom. The second-order valence-electron chi connectivity index (χ2n) is 11.2. The van der Waals surface area contributed by atoms with Gasteiger partial charge in [0.1, 0.15) is 12.6 Å². The number of benzene rings is 1. The molecular formula is C30H47NO8. The molecule has 1 unspecified atom stereocenters. The Labute approximate surface area is 233 Å². The van der Waals surface area contributed by atoms with Gasteiger partial charge in [-0.3, -0.25) is 19.2 Å². The molecule has 0 aliphatic carbocycles. The van der Waals surface area contributed by atoms with Gasteiger partial charge in [-0.1, -0.05) is 40.2 Å². The molecule has 39 heavy (non-hydrogen) atoms. The molecule has 0 aromatic heterocycles. The van der Waals surface area contributed by atoms with Crippen molar-refractivity contribution in [1.29, 1.82) is 0 Å². The van der Waals surface area contributed by atoms with Gasteiger partial charge < -0.3 is 24.3 Å². The zero-order chi connectivity index (χ0) is 29.8. The van der Waals surface area contributed by atoms with E-state index in [0.717, 1.165) is 6.42 Å². The lowest BCUT2D eigenvalue weighted by Gasteiger charge is -2.24. The van der Waals surface area contributed by atoms with E-state index in [2.05, 4.69) is 5.32 Å². The maximum Gasteiger partial charge on any atom is 0.323 e. The van der Waals surface area contributed by atoms with Crippen LogP contribution in [0.1, 0.15) is 86.6 Å². The summed E-state index contributed by atoms with van der Waals surface area (Å²) >= 11 is 0. The molecule has 0 spiro atoms. The maximum absolute atomic E-state index is 12.9. The number of esters is 4. The molecule has 0 aliphatic rings. The van der Waals surface area contributed by atoms with Crippen molar-refractivity contribution in [3.8, 4) is 11.5 Å². The summed E-state index contributed by atoms with van der Waals surface area (Å²) in [5.74, 6) is -1.21. The molecule has 0 bridgehead atoms. The third kappa shape index (κ3) is 11.0. The van der Waals surface area contributed by atoms with Gasteiger partial charge in [-0.05, 0) is 70.6 Å². The SMILES string of the molecule is CCC(C)CC(=O)OCCN[C@@H](Cc1ccc(OC(=O)C(C)(C)CC)c(OC(=O)C(C)(C)CC)c1)C(=O)OC. The first kappa shape index (κ1) is 34.1. The van der Waals surface area contributed by atoms with Crippen LogP contribution in [0.5, 0.6) is 11.5 Å². The number of rotatable bonds is 16. The van der Waals surface area contributed by atoms with Crippen molar-refractivity contribution in [2.75, 3.05) is 20.3 Å². The minimum Gasteiger partial charge on any atom is -0.468 e. The standard InChI is InChI=1S/C30H47NO8/c1-10-20(4)17-25(32)37-16-15-31-22(26(33)36-9)18-21-13-14-23(38-27(34)29(5,6)11-2)24(19-21)39-28(35)30(7,8)12-3/h13-14,19-20,22,31H,10-12,15-18H2,1-9H3/t20?,22-/m0/s1. The summed E-state index contributed by atoms with van der Waals surface area (Å²) in [5, 5.41) is 3.06. The third-order valence-electron chi connectivity index (χ3n) is 7.18. The van der Waals surface area contributed by atoms with Gasteiger partial charge in [0.15, 0.2) is 11.5 Å². The van der Waals surface area contributed by atoms with Crippen LogP contribution in [0.2, 0.25) is 0 Å². The van der Waals surface area contributed by atoms with E-state index in [0.29, 0.717) is 24.8 Å². The van der Waals surface area contributed by atoms with E-state index >= 15 is 0 Å². The molecule has 9 heteroatoms. The predicted octanol–water partition coefficient (Wildman–Crippen LogP) is 5.02. The molecule has 0 heterocycles. The molecule has 9 nitrogen and oxygen atoms in total. The Morgan fingerprint density at radius 3 is 1.97 bits per heavy atom.